The van der Waals surface area contributed by atoms with Gasteiger partial charge in [-0.3, -0.25) is 4.79 Å². The number of nitriles is 1. The molecule has 0 bridgehead atoms. The molecule has 10 heteroatoms. The fourth-order valence-corrected chi connectivity index (χ4v) is 6.20. The number of nitrogens with one attached hydrogen (secondary N) is 1. The maximum atomic E-state index is 15.6. The summed E-state index contributed by atoms with van der Waals surface area (Å²) in [6.07, 6.45) is 2.58. The number of ether oxygens (including phenoxy) is 1. The van der Waals surface area contributed by atoms with Crippen molar-refractivity contribution in [3.05, 3.63) is 27.0 Å². The fourth-order valence-electron chi connectivity index (χ4n) is 5.13. The zero-order valence-electron chi connectivity index (χ0n) is 19.0. The standard InChI is InChI=1S/C24H26F2N4O3S/c1-12(28-7-6-25)13-5-8-29(11-13)20-16(26)9-15-19(23(20)33-2)30(14-3-4-14)24-18(21(15)31)22(32)17(10-27)34-24/h9,12-14,28,32H,3-8,11H2,1-2H3/t12-,13+/m1/s1. The number of pyridine rings is 1. The van der Waals surface area contributed by atoms with Crippen molar-refractivity contribution in [3.8, 4) is 17.6 Å². The molecule has 1 aliphatic heterocycles. The van der Waals surface area contributed by atoms with E-state index in [4.69, 9.17) is 4.74 Å². The van der Waals surface area contributed by atoms with Crippen LogP contribution in [0.1, 0.15) is 37.1 Å². The molecule has 1 saturated heterocycles. The lowest BCUT2D eigenvalue weighted by Gasteiger charge is -2.26. The molecule has 2 fully saturated rings. The highest BCUT2D eigenvalue weighted by molar-refractivity contribution is 7.19. The molecule has 5 rings (SSSR count). The smallest absolute Gasteiger partial charge is 0.202 e. The molecule has 0 radical (unpaired) electrons. The summed E-state index contributed by atoms with van der Waals surface area (Å²) in [5.41, 5.74) is 0.297. The maximum Gasteiger partial charge on any atom is 0.202 e. The monoisotopic (exact) mass is 488 g/mol. The number of anilines is 1. The molecule has 1 aromatic carbocycles. The molecule has 2 N–H and O–H groups in total. The van der Waals surface area contributed by atoms with Gasteiger partial charge in [-0.1, -0.05) is 0 Å². The molecule has 7 nitrogen and oxygen atoms in total. The van der Waals surface area contributed by atoms with E-state index in [-0.39, 0.29) is 51.7 Å². The summed E-state index contributed by atoms with van der Waals surface area (Å²) in [5.74, 6) is -0.406. The van der Waals surface area contributed by atoms with Crippen molar-refractivity contribution in [1.82, 2.24) is 9.88 Å². The molecule has 2 atom stereocenters. The Bertz CT molecular complexity index is 1380. The Morgan fingerprint density at radius 2 is 2.18 bits per heavy atom. The van der Waals surface area contributed by atoms with E-state index >= 15 is 4.39 Å². The van der Waals surface area contributed by atoms with Gasteiger partial charge in [-0.2, -0.15) is 5.26 Å². The first kappa shape index (κ1) is 22.9. The van der Waals surface area contributed by atoms with Gasteiger partial charge in [-0.15, -0.1) is 11.3 Å². The number of hydrogen-bond acceptors (Lipinski definition) is 7. The number of alkyl halides is 1. The molecule has 3 aromatic rings. The molecule has 34 heavy (non-hydrogen) atoms. The minimum atomic E-state index is -0.566. The summed E-state index contributed by atoms with van der Waals surface area (Å²) < 4.78 is 35.9. The van der Waals surface area contributed by atoms with Crippen LogP contribution in [0.5, 0.6) is 11.5 Å². The summed E-state index contributed by atoms with van der Waals surface area (Å²) in [6.45, 7) is 3.04. The Labute approximate surface area is 199 Å². The van der Waals surface area contributed by atoms with Crippen LogP contribution in [0.2, 0.25) is 0 Å². The Morgan fingerprint density at radius 3 is 2.82 bits per heavy atom. The quantitative estimate of drug-likeness (QED) is 0.522. The third-order valence-electron chi connectivity index (χ3n) is 7.00. The number of aromatic hydroxyl groups is 1. The molecule has 3 heterocycles. The Kier molecular flexibility index (Phi) is 5.86. The number of rotatable bonds is 7. The minimum absolute atomic E-state index is 0.0594. The fraction of sp³-hybridized carbons (Fsp3) is 0.500. The Hall–Kier alpha value is -2.90. The maximum absolute atomic E-state index is 15.6. The van der Waals surface area contributed by atoms with Gasteiger partial charge >= 0.3 is 0 Å². The van der Waals surface area contributed by atoms with Crippen LogP contribution < -0.4 is 20.4 Å². The minimum Gasteiger partial charge on any atom is -0.505 e. The zero-order valence-corrected chi connectivity index (χ0v) is 19.8. The molecular formula is C24H26F2N4O3S. The third kappa shape index (κ3) is 3.49. The van der Waals surface area contributed by atoms with Gasteiger partial charge in [0.15, 0.2) is 17.3 Å². The van der Waals surface area contributed by atoms with Crippen molar-refractivity contribution in [2.45, 2.75) is 38.3 Å². The molecule has 1 aliphatic carbocycles. The molecular weight excluding hydrogens is 462 g/mol. The van der Waals surface area contributed by atoms with Crippen molar-refractivity contribution >= 4 is 38.1 Å². The second kappa shape index (κ2) is 8.71. The Morgan fingerprint density at radius 1 is 1.41 bits per heavy atom. The van der Waals surface area contributed by atoms with Crippen molar-refractivity contribution in [2.24, 2.45) is 5.92 Å². The zero-order chi connectivity index (χ0) is 24.1. The van der Waals surface area contributed by atoms with E-state index < -0.39 is 17.9 Å². The summed E-state index contributed by atoms with van der Waals surface area (Å²) >= 11 is 1.07. The van der Waals surface area contributed by atoms with E-state index in [0.29, 0.717) is 29.1 Å². The average molecular weight is 489 g/mol. The van der Waals surface area contributed by atoms with Gasteiger partial charge in [0.05, 0.1) is 18.0 Å². The van der Waals surface area contributed by atoms with Crippen molar-refractivity contribution in [1.29, 1.82) is 5.26 Å². The molecule has 0 unspecified atom stereocenters. The lowest BCUT2D eigenvalue weighted by atomic mass is 10.0. The molecule has 0 amide bonds. The second-order valence-electron chi connectivity index (χ2n) is 9.07. The number of halogens is 2. The molecule has 2 aromatic heterocycles. The van der Waals surface area contributed by atoms with E-state index in [1.807, 2.05) is 22.5 Å². The number of methoxy groups -OCH3 is 1. The van der Waals surface area contributed by atoms with Crippen LogP contribution in [0.4, 0.5) is 14.5 Å². The number of hydrogen-bond donors (Lipinski definition) is 2. The lowest BCUT2D eigenvalue weighted by molar-refractivity contribution is 0.373. The van der Waals surface area contributed by atoms with Crippen LogP contribution in [0.25, 0.3) is 21.1 Å². The van der Waals surface area contributed by atoms with E-state index in [0.717, 1.165) is 30.6 Å². The first-order chi connectivity index (χ1) is 16.4. The summed E-state index contributed by atoms with van der Waals surface area (Å²) in [4.78, 5) is 15.9. The Balaban J connectivity index is 1.71. The first-order valence-electron chi connectivity index (χ1n) is 11.5. The SMILES string of the molecule is COc1c(N2CC[C@H]([C@@H](C)NCCF)C2)c(F)cc2c(=O)c3c(O)c(C#N)sc3n(C3CC3)c12. The highest BCUT2D eigenvalue weighted by Crippen LogP contribution is 2.48. The van der Waals surface area contributed by atoms with Crippen LogP contribution in [-0.4, -0.2) is 49.1 Å². The summed E-state index contributed by atoms with van der Waals surface area (Å²) in [7, 11) is 1.47. The van der Waals surface area contributed by atoms with Crippen LogP contribution in [0, 0.1) is 23.1 Å². The van der Waals surface area contributed by atoms with E-state index in [1.54, 1.807) is 0 Å². The highest BCUT2D eigenvalue weighted by atomic mass is 32.1. The predicted octanol–water partition coefficient (Wildman–Crippen LogP) is 4.05. The van der Waals surface area contributed by atoms with Gasteiger partial charge in [0.25, 0.3) is 0 Å². The largest absolute Gasteiger partial charge is 0.505 e. The van der Waals surface area contributed by atoms with Crippen molar-refractivity contribution < 1.29 is 18.6 Å². The molecule has 2 aliphatic rings. The number of nitrogens with zero attached hydrogens (tertiary/aromatic N) is 3. The van der Waals surface area contributed by atoms with Crippen LogP contribution in [0.15, 0.2) is 10.9 Å². The predicted molar refractivity (Wildman–Crippen MR) is 129 cm³/mol. The van der Waals surface area contributed by atoms with Crippen LogP contribution in [0.3, 0.4) is 0 Å². The van der Waals surface area contributed by atoms with Crippen LogP contribution >= 0.6 is 11.3 Å². The van der Waals surface area contributed by atoms with Gasteiger partial charge in [-0.25, -0.2) is 8.78 Å². The van der Waals surface area contributed by atoms with Gasteiger partial charge in [0.2, 0.25) is 5.43 Å². The lowest BCUT2D eigenvalue weighted by Crippen LogP contribution is -2.36. The molecule has 1 saturated carbocycles. The average Bonchev–Trinajstić information content (AvgIpc) is 3.44. The number of aromatic nitrogens is 1. The number of fused-ring (bicyclic) bond motifs is 2. The van der Waals surface area contributed by atoms with E-state index in [2.05, 4.69) is 5.32 Å². The first-order valence-corrected chi connectivity index (χ1v) is 12.3. The summed E-state index contributed by atoms with van der Waals surface area (Å²) in [6, 6.07) is 3.35. The molecule has 0 spiro atoms. The van der Waals surface area contributed by atoms with Gasteiger partial charge in [0.1, 0.15) is 33.5 Å². The second-order valence-corrected chi connectivity index (χ2v) is 10.1. The van der Waals surface area contributed by atoms with Gasteiger partial charge in [-0.05, 0) is 38.2 Å². The van der Waals surface area contributed by atoms with E-state index in [1.165, 1.54) is 13.2 Å². The van der Waals surface area contributed by atoms with Gasteiger partial charge < -0.3 is 24.6 Å². The van der Waals surface area contributed by atoms with Crippen molar-refractivity contribution in [2.75, 3.05) is 38.3 Å². The molecule has 180 valence electrons. The topological polar surface area (TPSA) is 90.5 Å². The number of benzene rings is 1. The highest BCUT2D eigenvalue weighted by Gasteiger charge is 2.35. The van der Waals surface area contributed by atoms with E-state index in [9.17, 15) is 19.6 Å². The van der Waals surface area contributed by atoms with Crippen molar-refractivity contribution in [3.63, 3.8) is 0 Å². The summed E-state index contributed by atoms with van der Waals surface area (Å²) in [5, 5.41) is 23.3. The number of thiophene rings is 1. The third-order valence-corrected chi connectivity index (χ3v) is 8.09. The normalized spacial score (nSPS) is 19.1. The van der Waals surface area contributed by atoms with Crippen LogP contribution in [-0.2, 0) is 0 Å². The van der Waals surface area contributed by atoms with Gasteiger partial charge in [0, 0.05) is 31.7 Å².